The smallest absolute Gasteiger partial charge is 0.405 e. The van der Waals surface area contributed by atoms with Crippen LogP contribution in [0.3, 0.4) is 0 Å². The highest BCUT2D eigenvalue weighted by Crippen LogP contribution is 2.27. The van der Waals surface area contributed by atoms with Crippen molar-refractivity contribution in [1.29, 1.82) is 0 Å². The number of carbonyl (C=O) groups excluding carboxylic acids is 2. The number of hydrogen-bond donors (Lipinski definition) is 1. The highest BCUT2D eigenvalue weighted by Gasteiger charge is 2.32. The van der Waals surface area contributed by atoms with Crippen LogP contribution in [0.15, 0.2) is 53.5 Å². The number of amides is 2. The second-order valence-corrected chi connectivity index (χ2v) is 9.76. The van der Waals surface area contributed by atoms with E-state index in [-0.39, 0.29) is 27.4 Å². The van der Waals surface area contributed by atoms with Gasteiger partial charge in [-0.1, -0.05) is 13.2 Å². The maximum absolute atomic E-state index is 12.4. The van der Waals surface area contributed by atoms with Crippen LogP contribution in [0.25, 0.3) is 0 Å². The molecule has 1 aromatic rings. The summed E-state index contributed by atoms with van der Waals surface area (Å²) in [6.07, 6.45) is -1.84. The first kappa shape index (κ1) is 31.2. The van der Waals surface area contributed by atoms with Crippen molar-refractivity contribution in [3.63, 3.8) is 0 Å². The second kappa shape index (κ2) is 13.4. The molecule has 1 saturated heterocycles. The van der Waals surface area contributed by atoms with Gasteiger partial charge in [-0.3, -0.25) is 9.59 Å². The van der Waals surface area contributed by atoms with Gasteiger partial charge in [-0.15, -0.1) is 13.2 Å². The fraction of sp³-hybridized carbons (Fsp3) is 0.458. The molecule has 36 heavy (non-hydrogen) atoms. The van der Waals surface area contributed by atoms with Gasteiger partial charge in [0, 0.05) is 50.8 Å². The molecule has 0 radical (unpaired) electrons. The third-order valence-electron chi connectivity index (χ3n) is 4.83. The number of methoxy groups -OCH3 is 1. The molecule has 2 amide bonds. The van der Waals surface area contributed by atoms with Crippen LogP contribution < -0.4 is 10.2 Å². The SMILES string of the molecule is C=C(/C=C(/OC(F)(F)F)C(=C)Br)NC(=O)c1ccc(N2CCN(C=O)C(C)C2)nc1.COC(C)(C)C. The van der Waals surface area contributed by atoms with Crippen LogP contribution in [0.2, 0.25) is 0 Å². The Morgan fingerprint density at radius 3 is 2.28 bits per heavy atom. The zero-order chi connectivity index (χ0) is 27.7. The lowest BCUT2D eigenvalue weighted by Crippen LogP contribution is -2.51. The maximum Gasteiger partial charge on any atom is 0.573 e. The van der Waals surface area contributed by atoms with Gasteiger partial charge in [0.1, 0.15) is 11.6 Å². The normalized spacial score (nSPS) is 16.5. The zero-order valence-corrected chi connectivity index (χ0v) is 22.6. The Kier molecular flexibility index (Phi) is 11.6. The number of hydrogen-bond acceptors (Lipinski definition) is 6. The van der Waals surface area contributed by atoms with Crippen LogP contribution in [0.5, 0.6) is 0 Å². The Bertz CT molecular complexity index is 960. The lowest BCUT2D eigenvalue weighted by Gasteiger charge is -2.38. The van der Waals surface area contributed by atoms with Crippen LogP contribution in [-0.4, -0.2) is 67.0 Å². The number of aromatic nitrogens is 1. The van der Waals surface area contributed by atoms with Gasteiger partial charge in [0.05, 0.1) is 15.6 Å². The van der Waals surface area contributed by atoms with Gasteiger partial charge < -0.3 is 24.6 Å². The van der Waals surface area contributed by atoms with E-state index in [0.29, 0.717) is 25.5 Å². The van der Waals surface area contributed by atoms with Gasteiger partial charge in [-0.2, -0.15) is 0 Å². The predicted molar refractivity (Wildman–Crippen MR) is 135 cm³/mol. The number of alkyl halides is 3. The summed E-state index contributed by atoms with van der Waals surface area (Å²) in [5.74, 6) is -0.579. The maximum atomic E-state index is 12.4. The Morgan fingerprint density at radius 2 is 1.86 bits per heavy atom. The van der Waals surface area contributed by atoms with E-state index in [2.05, 4.69) is 44.1 Å². The van der Waals surface area contributed by atoms with Crippen LogP contribution in [0.1, 0.15) is 38.1 Å². The van der Waals surface area contributed by atoms with Crippen molar-refractivity contribution >= 4 is 34.1 Å². The monoisotopic (exact) mass is 576 g/mol. The van der Waals surface area contributed by atoms with Gasteiger partial charge >= 0.3 is 6.36 Å². The minimum absolute atomic E-state index is 0.0356. The third-order valence-corrected chi connectivity index (χ3v) is 5.22. The average molecular weight is 577 g/mol. The van der Waals surface area contributed by atoms with E-state index < -0.39 is 18.0 Å². The van der Waals surface area contributed by atoms with Gasteiger partial charge in [0.2, 0.25) is 6.41 Å². The summed E-state index contributed by atoms with van der Waals surface area (Å²) in [5, 5.41) is 2.37. The molecular weight excluding hydrogens is 545 g/mol. The van der Waals surface area contributed by atoms with E-state index >= 15 is 0 Å². The number of nitrogens with one attached hydrogen (secondary N) is 1. The zero-order valence-electron chi connectivity index (χ0n) is 21.0. The van der Waals surface area contributed by atoms with Crippen molar-refractivity contribution < 1.29 is 32.2 Å². The summed E-state index contributed by atoms with van der Waals surface area (Å²) in [6.45, 7) is 16.6. The number of pyridine rings is 1. The molecule has 1 unspecified atom stereocenters. The summed E-state index contributed by atoms with van der Waals surface area (Å²) in [7, 11) is 1.71. The standard InChI is InChI=1S/C19H20BrF3N4O3.C5H12O/c1-12(8-16(14(3)20)30-19(21,22)23)25-18(29)15-4-5-17(24-9-15)26-6-7-27(11-28)13(2)10-26;1-5(2,3)6-4/h4-5,8-9,11,13H,1,3,6-7,10H2,2H3,(H,25,29);1-4H3/b16-8+;. The number of nitrogens with zero attached hydrogens (tertiary/aromatic N) is 3. The molecule has 200 valence electrons. The van der Waals surface area contributed by atoms with Gasteiger partial charge in [-0.05, 0) is 55.8 Å². The first-order chi connectivity index (χ1) is 16.6. The fourth-order valence-corrected chi connectivity index (χ4v) is 2.94. The first-order valence-corrected chi connectivity index (χ1v) is 11.6. The highest BCUT2D eigenvalue weighted by molar-refractivity contribution is 9.11. The largest absolute Gasteiger partial charge is 0.573 e. The number of allylic oxidation sites excluding steroid dienone is 2. The summed E-state index contributed by atoms with van der Waals surface area (Å²) < 4.78 is 45.9. The lowest BCUT2D eigenvalue weighted by atomic mass is 10.2. The van der Waals surface area contributed by atoms with Crippen molar-refractivity contribution in [2.45, 2.75) is 45.7 Å². The van der Waals surface area contributed by atoms with Crippen LogP contribution >= 0.6 is 15.9 Å². The van der Waals surface area contributed by atoms with Gasteiger partial charge in [0.15, 0.2) is 0 Å². The first-order valence-electron chi connectivity index (χ1n) is 10.9. The molecule has 1 atom stereocenters. The Morgan fingerprint density at radius 1 is 1.25 bits per heavy atom. The average Bonchev–Trinajstić information content (AvgIpc) is 2.77. The highest BCUT2D eigenvalue weighted by atomic mass is 79.9. The van der Waals surface area contributed by atoms with E-state index in [1.807, 2.05) is 32.6 Å². The van der Waals surface area contributed by atoms with Gasteiger partial charge in [-0.25, -0.2) is 4.98 Å². The minimum Gasteiger partial charge on any atom is -0.405 e. The Balaban J connectivity index is 0.000000960. The lowest BCUT2D eigenvalue weighted by molar-refractivity contribution is -0.303. The second-order valence-electron chi connectivity index (χ2n) is 8.80. The molecule has 0 spiro atoms. The van der Waals surface area contributed by atoms with E-state index in [1.54, 1.807) is 24.1 Å². The summed E-state index contributed by atoms with van der Waals surface area (Å²) in [6, 6.07) is 3.24. The number of anilines is 1. The molecule has 2 rings (SSSR count). The number of piperazine rings is 1. The quantitative estimate of drug-likeness (QED) is 0.286. The molecule has 0 bridgehead atoms. The molecule has 1 fully saturated rings. The summed E-state index contributed by atoms with van der Waals surface area (Å²) in [4.78, 5) is 31.2. The number of halogens is 4. The number of ether oxygens (including phenoxy) is 2. The third kappa shape index (κ3) is 11.3. The Hall–Kier alpha value is -2.86. The van der Waals surface area contributed by atoms with Crippen molar-refractivity contribution in [3.8, 4) is 0 Å². The van der Waals surface area contributed by atoms with Crippen molar-refractivity contribution in [2.75, 3.05) is 31.6 Å². The van der Waals surface area contributed by atoms with E-state index in [4.69, 9.17) is 4.74 Å². The molecule has 0 aliphatic carbocycles. The van der Waals surface area contributed by atoms with Crippen LogP contribution in [0, 0.1) is 0 Å². The van der Waals surface area contributed by atoms with E-state index in [1.165, 1.54) is 6.20 Å². The van der Waals surface area contributed by atoms with Crippen molar-refractivity contribution in [1.82, 2.24) is 15.2 Å². The molecule has 1 N–H and O–H groups in total. The molecule has 12 heteroatoms. The van der Waals surface area contributed by atoms with Crippen LogP contribution in [-0.2, 0) is 14.3 Å². The molecule has 0 saturated carbocycles. The van der Waals surface area contributed by atoms with Crippen molar-refractivity contribution in [2.24, 2.45) is 0 Å². The van der Waals surface area contributed by atoms with Crippen molar-refractivity contribution in [3.05, 3.63) is 59.1 Å². The molecule has 1 aliphatic rings. The molecule has 1 aliphatic heterocycles. The van der Waals surface area contributed by atoms with Crippen LogP contribution in [0.4, 0.5) is 19.0 Å². The number of rotatable bonds is 7. The number of carbonyl (C=O) groups is 2. The molecular formula is C24H32BrF3N4O4. The molecule has 2 heterocycles. The van der Waals surface area contributed by atoms with E-state index in [9.17, 15) is 22.8 Å². The topological polar surface area (TPSA) is 84.0 Å². The summed E-state index contributed by atoms with van der Waals surface area (Å²) in [5.41, 5.74) is 0.117. The Labute approximate surface area is 217 Å². The predicted octanol–water partition coefficient (Wildman–Crippen LogP) is 4.75. The molecule has 8 nitrogen and oxygen atoms in total. The van der Waals surface area contributed by atoms with E-state index in [0.717, 1.165) is 12.5 Å². The summed E-state index contributed by atoms with van der Waals surface area (Å²) >= 11 is 2.81. The molecule has 1 aromatic heterocycles. The van der Waals surface area contributed by atoms with Gasteiger partial charge in [0.25, 0.3) is 5.91 Å². The fourth-order valence-electron chi connectivity index (χ4n) is 2.74. The minimum atomic E-state index is -4.92. The molecule has 0 aromatic carbocycles.